The normalized spacial score (nSPS) is 14.8. The van der Waals surface area contributed by atoms with Crippen LogP contribution in [0.25, 0.3) is 0 Å². The number of carbonyl (C=O) groups excluding carboxylic acids is 2. The lowest BCUT2D eigenvalue weighted by atomic mass is 9.90. The molecular weight excluding hydrogens is 438 g/mol. The first-order valence-corrected chi connectivity index (χ1v) is 10.9. The summed E-state index contributed by atoms with van der Waals surface area (Å²) in [7, 11) is 0. The number of thioether (sulfide) groups is 1. The van der Waals surface area contributed by atoms with E-state index in [0.717, 1.165) is 11.5 Å². The molecule has 1 heterocycles. The van der Waals surface area contributed by atoms with Gasteiger partial charge in [0.25, 0.3) is 11.4 Å². The third kappa shape index (κ3) is 5.72. The van der Waals surface area contributed by atoms with Crippen LogP contribution in [0, 0.1) is 20.2 Å². The topological polar surface area (TPSA) is 157 Å². The molecule has 0 aromatic heterocycles. The van der Waals surface area contributed by atoms with Crippen LogP contribution < -0.4 is 16.0 Å². The Morgan fingerprint density at radius 3 is 1.88 bits per heavy atom. The van der Waals surface area contributed by atoms with Crippen molar-refractivity contribution in [1.82, 2.24) is 5.32 Å². The predicted octanol–water partition coefficient (Wildman–Crippen LogP) is 2.94. The van der Waals surface area contributed by atoms with Crippen molar-refractivity contribution < 1.29 is 19.4 Å². The number of amides is 2. The van der Waals surface area contributed by atoms with Crippen LogP contribution in [0.3, 0.4) is 0 Å². The largest absolute Gasteiger partial charge is 0.371 e. The molecule has 168 valence electrons. The van der Waals surface area contributed by atoms with Crippen molar-refractivity contribution in [2.75, 3.05) is 28.7 Å². The molecule has 3 N–H and O–H groups in total. The van der Waals surface area contributed by atoms with Crippen LogP contribution in [-0.4, -0.2) is 45.3 Å². The van der Waals surface area contributed by atoms with Crippen molar-refractivity contribution in [3.63, 3.8) is 0 Å². The molecule has 0 spiro atoms. The van der Waals surface area contributed by atoms with Crippen molar-refractivity contribution in [1.29, 1.82) is 0 Å². The molecule has 3 rings (SSSR count). The third-order valence-electron chi connectivity index (χ3n) is 5.01. The Bertz CT molecular complexity index is 1010. The van der Waals surface area contributed by atoms with Gasteiger partial charge in [-0.3, -0.25) is 29.8 Å². The highest BCUT2D eigenvalue weighted by Gasteiger charge is 2.39. The number of benzene rings is 2. The zero-order chi connectivity index (χ0) is 23.1. The molecule has 0 bridgehead atoms. The molecule has 0 atom stereocenters. The summed E-state index contributed by atoms with van der Waals surface area (Å²) in [5.41, 5.74) is -0.118. The summed E-state index contributed by atoms with van der Waals surface area (Å²) >= 11 is 1.72. The number of non-ortho nitro benzene ring substituents is 2. The van der Waals surface area contributed by atoms with Crippen LogP contribution in [0.15, 0.2) is 48.5 Å². The monoisotopic (exact) mass is 459 g/mol. The SMILES string of the molecule is O=C(CNC(=O)C1(Nc2ccc([N+](=O)[O-])cc2)CCSCC1)Nc1ccc([N+](=O)[O-])cc1. The summed E-state index contributed by atoms with van der Waals surface area (Å²) in [5, 5.41) is 30.0. The molecule has 0 saturated carbocycles. The van der Waals surface area contributed by atoms with Crippen LogP contribution >= 0.6 is 11.8 Å². The fourth-order valence-corrected chi connectivity index (χ4v) is 4.46. The number of anilines is 2. The Hall–Kier alpha value is -3.67. The first kappa shape index (κ1) is 23.0. The molecule has 1 fully saturated rings. The van der Waals surface area contributed by atoms with Gasteiger partial charge >= 0.3 is 0 Å². The Labute approximate surface area is 187 Å². The zero-order valence-corrected chi connectivity index (χ0v) is 17.7. The second-order valence-electron chi connectivity index (χ2n) is 7.16. The Morgan fingerprint density at radius 2 is 1.38 bits per heavy atom. The van der Waals surface area contributed by atoms with Gasteiger partial charge in [0, 0.05) is 35.6 Å². The second-order valence-corrected chi connectivity index (χ2v) is 8.38. The molecule has 2 aromatic rings. The van der Waals surface area contributed by atoms with Crippen molar-refractivity contribution in [3.8, 4) is 0 Å². The molecule has 2 aromatic carbocycles. The number of nitro groups is 2. The lowest BCUT2D eigenvalue weighted by Crippen LogP contribution is -2.55. The van der Waals surface area contributed by atoms with Crippen molar-refractivity contribution in [2.24, 2.45) is 0 Å². The van der Waals surface area contributed by atoms with E-state index >= 15 is 0 Å². The van der Waals surface area contributed by atoms with Gasteiger partial charge in [-0.15, -0.1) is 0 Å². The van der Waals surface area contributed by atoms with E-state index in [1.54, 1.807) is 23.9 Å². The van der Waals surface area contributed by atoms with Gasteiger partial charge in [-0.05, 0) is 48.6 Å². The highest BCUT2D eigenvalue weighted by atomic mass is 32.2. The number of hydrogen-bond donors (Lipinski definition) is 3. The molecule has 1 aliphatic rings. The van der Waals surface area contributed by atoms with E-state index < -0.39 is 21.3 Å². The maximum Gasteiger partial charge on any atom is 0.269 e. The first-order valence-electron chi connectivity index (χ1n) is 9.72. The standard InChI is InChI=1S/C20H21N5O6S/c26-18(22-14-1-5-16(6-2-14)24(28)29)13-21-19(27)20(9-11-32-12-10-20)23-15-3-7-17(8-4-15)25(30)31/h1-8,23H,9-13H2,(H,21,27)(H,22,26). The molecule has 2 amide bonds. The number of nitrogens with zero attached hydrogens (tertiary/aromatic N) is 2. The molecule has 0 radical (unpaired) electrons. The fraction of sp³-hybridized carbons (Fsp3) is 0.300. The summed E-state index contributed by atoms with van der Waals surface area (Å²) in [4.78, 5) is 45.8. The highest BCUT2D eigenvalue weighted by molar-refractivity contribution is 7.99. The summed E-state index contributed by atoms with van der Waals surface area (Å²) in [6, 6.07) is 11.2. The summed E-state index contributed by atoms with van der Waals surface area (Å²) in [5.74, 6) is 0.697. The van der Waals surface area contributed by atoms with E-state index in [4.69, 9.17) is 0 Å². The van der Waals surface area contributed by atoms with E-state index in [-0.39, 0.29) is 23.8 Å². The molecule has 32 heavy (non-hydrogen) atoms. The number of carbonyl (C=O) groups is 2. The van der Waals surface area contributed by atoms with Crippen LogP contribution in [0.1, 0.15) is 12.8 Å². The van der Waals surface area contributed by atoms with E-state index in [1.165, 1.54) is 36.4 Å². The maximum absolute atomic E-state index is 13.0. The molecule has 11 nitrogen and oxygen atoms in total. The smallest absolute Gasteiger partial charge is 0.269 e. The zero-order valence-electron chi connectivity index (χ0n) is 16.9. The first-order chi connectivity index (χ1) is 15.3. The van der Waals surface area contributed by atoms with Crippen molar-refractivity contribution in [2.45, 2.75) is 18.4 Å². The maximum atomic E-state index is 13.0. The van der Waals surface area contributed by atoms with Crippen molar-refractivity contribution in [3.05, 3.63) is 68.8 Å². The van der Waals surface area contributed by atoms with E-state index in [1.807, 2.05) is 0 Å². The molecule has 1 saturated heterocycles. The van der Waals surface area contributed by atoms with Crippen LogP contribution in [0.4, 0.5) is 22.7 Å². The lowest BCUT2D eigenvalue weighted by molar-refractivity contribution is -0.385. The summed E-state index contributed by atoms with van der Waals surface area (Å²) in [6.07, 6.45) is 1.06. The number of nitrogens with one attached hydrogen (secondary N) is 3. The minimum absolute atomic E-state index is 0.0452. The molecular formula is C20H21N5O6S. The molecule has 0 unspecified atom stereocenters. The van der Waals surface area contributed by atoms with Gasteiger partial charge < -0.3 is 16.0 Å². The van der Waals surface area contributed by atoms with E-state index in [0.29, 0.717) is 24.2 Å². The molecule has 1 aliphatic heterocycles. The van der Waals surface area contributed by atoms with Crippen LogP contribution in [0.2, 0.25) is 0 Å². The quantitative estimate of drug-likeness (QED) is 0.402. The van der Waals surface area contributed by atoms with Gasteiger partial charge in [-0.1, -0.05) is 0 Å². The Morgan fingerprint density at radius 1 is 0.875 bits per heavy atom. The van der Waals surface area contributed by atoms with Gasteiger partial charge in [0.1, 0.15) is 5.54 Å². The van der Waals surface area contributed by atoms with Crippen LogP contribution in [-0.2, 0) is 9.59 Å². The summed E-state index contributed by atoms with van der Waals surface area (Å²) in [6.45, 7) is -0.271. The third-order valence-corrected chi connectivity index (χ3v) is 6.00. The highest BCUT2D eigenvalue weighted by Crippen LogP contribution is 2.31. The Balaban J connectivity index is 1.62. The number of hydrogen-bond acceptors (Lipinski definition) is 8. The van der Waals surface area contributed by atoms with Gasteiger partial charge in [-0.2, -0.15) is 11.8 Å². The van der Waals surface area contributed by atoms with Gasteiger partial charge in [0.15, 0.2) is 0 Å². The average molecular weight is 459 g/mol. The fourth-order valence-electron chi connectivity index (χ4n) is 3.27. The van der Waals surface area contributed by atoms with E-state index in [9.17, 15) is 29.8 Å². The Kier molecular flexibility index (Phi) is 7.25. The minimum atomic E-state index is -0.935. The average Bonchev–Trinajstić information content (AvgIpc) is 2.78. The van der Waals surface area contributed by atoms with Gasteiger partial charge in [0.05, 0.1) is 16.4 Å². The minimum Gasteiger partial charge on any atom is -0.371 e. The lowest BCUT2D eigenvalue weighted by Gasteiger charge is -2.37. The molecule has 0 aliphatic carbocycles. The number of rotatable bonds is 8. The predicted molar refractivity (Wildman–Crippen MR) is 121 cm³/mol. The second kappa shape index (κ2) is 10.1. The van der Waals surface area contributed by atoms with Crippen molar-refractivity contribution >= 4 is 46.3 Å². The van der Waals surface area contributed by atoms with E-state index in [2.05, 4.69) is 16.0 Å². The summed E-state index contributed by atoms with van der Waals surface area (Å²) < 4.78 is 0. The number of nitro benzene ring substituents is 2. The van der Waals surface area contributed by atoms with Crippen LogP contribution in [0.5, 0.6) is 0 Å². The van der Waals surface area contributed by atoms with Gasteiger partial charge in [-0.25, -0.2) is 0 Å². The molecule has 12 heteroatoms. The van der Waals surface area contributed by atoms with Gasteiger partial charge in [0.2, 0.25) is 11.8 Å².